The molecule has 0 spiro atoms. The van der Waals surface area contributed by atoms with Crippen molar-refractivity contribution in [2.24, 2.45) is 0 Å². The van der Waals surface area contributed by atoms with Gasteiger partial charge in [0.2, 0.25) is 5.89 Å². The summed E-state index contributed by atoms with van der Waals surface area (Å²) >= 11 is 0. The van der Waals surface area contributed by atoms with Crippen LogP contribution in [0, 0.1) is 22.7 Å². The molecule has 238 valence electrons. The second-order valence-electron chi connectivity index (χ2n) is 12.2. The average Bonchev–Trinajstić information content (AvgIpc) is 3.81. The lowest BCUT2D eigenvalue weighted by Gasteiger charge is -2.26. The topological polar surface area (TPSA) is 90.0 Å². The van der Waals surface area contributed by atoms with Crippen LogP contribution < -0.4 is 4.90 Å². The molecule has 9 rings (SSSR count). The van der Waals surface area contributed by atoms with Gasteiger partial charge in [0.1, 0.15) is 28.8 Å². The Bertz CT molecular complexity index is 2780. The van der Waals surface area contributed by atoms with Crippen molar-refractivity contribution in [2.45, 2.75) is 0 Å². The van der Waals surface area contributed by atoms with Crippen LogP contribution in [0.3, 0.4) is 0 Å². The Balaban J connectivity index is 1.11. The van der Waals surface area contributed by atoms with Gasteiger partial charge in [0, 0.05) is 39.0 Å². The van der Waals surface area contributed by atoms with Crippen LogP contribution in [0.15, 0.2) is 167 Å². The van der Waals surface area contributed by atoms with Crippen LogP contribution in [0.2, 0.25) is 0 Å². The lowest BCUT2D eigenvalue weighted by atomic mass is 9.99. The maximum Gasteiger partial charge on any atom is 0.227 e. The van der Waals surface area contributed by atoms with Crippen molar-refractivity contribution in [3.05, 3.63) is 169 Å². The highest BCUT2D eigenvalue weighted by atomic mass is 16.3. The molecule has 51 heavy (non-hydrogen) atoms. The second-order valence-corrected chi connectivity index (χ2v) is 12.2. The minimum atomic E-state index is 0.359. The number of oxazole rings is 1. The molecular weight excluding hydrogens is 629 g/mol. The van der Waals surface area contributed by atoms with E-state index in [1.54, 1.807) is 12.1 Å². The third kappa shape index (κ3) is 5.25. The van der Waals surface area contributed by atoms with Crippen molar-refractivity contribution in [1.82, 2.24) is 4.98 Å². The zero-order valence-corrected chi connectivity index (χ0v) is 27.1. The van der Waals surface area contributed by atoms with Gasteiger partial charge < -0.3 is 13.7 Å². The highest BCUT2D eigenvalue weighted by Crippen LogP contribution is 2.40. The van der Waals surface area contributed by atoms with Gasteiger partial charge in [-0.05, 0) is 95.6 Å². The highest BCUT2D eigenvalue weighted by molar-refractivity contribution is 6.09. The molecule has 2 aromatic heterocycles. The Morgan fingerprint density at radius 3 is 1.75 bits per heavy atom. The summed E-state index contributed by atoms with van der Waals surface area (Å²) in [5, 5.41) is 21.2. The fourth-order valence-electron chi connectivity index (χ4n) is 6.68. The SMILES string of the molecule is N#Cc1ccc(-c2ccc(N(c3ccc(-c4nc5ccccc5o4)cc3)c3ccc(-c4cccc5c4oc4ccccc45)cc3)cc2)cc1C#N. The Morgan fingerprint density at radius 1 is 0.471 bits per heavy atom. The molecule has 0 aliphatic rings. The van der Waals surface area contributed by atoms with Gasteiger partial charge in [-0.1, -0.05) is 78.9 Å². The first-order chi connectivity index (χ1) is 25.2. The van der Waals surface area contributed by atoms with E-state index in [4.69, 9.17) is 8.83 Å². The maximum atomic E-state index is 9.57. The first-order valence-electron chi connectivity index (χ1n) is 16.5. The Labute approximate surface area is 293 Å². The van der Waals surface area contributed by atoms with Crippen LogP contribution in [0.1, 0.15) is 11.1 Å². The molecule has 0 saturated heterocycles. The molecule has 0 saturated carbocycles. The van der Waals surface area contributed by atoms with Crippen molar-refractivity contribution in [2.75, 3.05) is 4.90 Å². The molecule has 6 nitrogen and oxygen atoms in total. The summed E-state index contributed by atoms with van der Waals surface area (Å²) in [5.74, 6) is 0.571. The molecule has 2 heterocycles. The minimum absolute atomic E-state index is 0.359. The maximum absolute atomic E-state index is 9.57. The van der Waals surface area contributed by atoms with Crippen LogP contribution in [-0.2, 0) is 0 Å². The van der Waals surface area contributed by atoms with Crippen molar-refractivity contribution in [3.8, 4) is 45.8 Å². The van der Waals surface area contributed by atoms with Gasteiger partial charge in [-0.15, -0.1) is 0 Å². The van der Waals surface area contributed by atoms with Crippen LogP contribution in [0.4, 0.5) is 17.1 Å². The van der Waals surface area contributed by atoms with Crippen molar-refractivity contribution in [1.29, 1.82) is 10.5 Å². The van der Waals surface area contributed by atoms with Crippen LogP contribution in [-0.4, -0.2) is 4.98 Å². The summed E-state index contributed by atoms with van der Waals surface area (Å²) in [5.41, 5.74) is 11.7. The van der Waals surface area contributed by atoms with Gasteiger partial charge in [0.05, 0.1) is 11.1 Å². The van der Waals surface area contributed by atoms with Gasteiger partial charge in [-0.25, -0.2) is 4.98 Å². The summed E-state index contributed by atoms with van der Waals surface area (Å²) in [6, 6.07) is 56.6. The molecule has 9 aromatic rings. The molecule has 0 aliphatic carbocycles. The van der Waals surface area contributed by atoms with Gasteiger partial charge in [0.25, 0.3) is 0 Å². The number of fused-ring (bicyclic) bond motifs is 4. The Kier molecular flexibility index (Phi) is 7.13. The van der Waals surface area contributed by atoms with Gasteiger partial charge >= 0.3 is 0 Å². The van der Waals surface area contributed by atoms with Gasteiger partial charge in [-0.3, -0.25) is 0 Å². The lowest BCUT2D eigenvalue weighted by Crippen LogP contribution is -2.09. The minimum Gasteiger partial charge on any atom is -0.455 e. The summed E-state index contributed by atoms with van der Waals surface area (Å²) in [7, 11) is 0. The highest BCUT2D eigenvalue weighted by Gasteiger charge is 2.17. The van der Waals surface area contributed by atoms with E-state index in [2.05, 4.69) is 94.8 Å². The van der Waals surface area contributed by atoms with Crippen LogP contribution in [0.25, 0.3) is 66.7 Å². The predicted octanol–water partition coefficient (Wildman–Crippen LogP) is 11.9. The van der Waals surface area contributed by atoms with Crippen LogP contribution >= 0.6 is 0 Å². The summed E-state index contributed by atoms with van der Waals surface area (Å²) in [6.07, 6.45) is 0. The fraction of sp³-hybridized carbons (Fsp3) is 0. The van der Waals surface area contributed by atoms with Gasteiger partial charge in [0.15, 0.2) is 5.58 Å². The number of anilines is 3. The molecule has 0 unspecified atom stereocenters. The summed E-state index contributed by atoms with van der Waals surface area (Å²) in [6.45, 7) is 0. The number of benzene rings is 7. The lowest BCUT2D eigenvalue weighted by molar-refractivity contribution is 0.620. The summed E-state index contributed by atoms with van der Waals surface area (Å²) < 4.78 is 12.4. The zero-order chi connectivity index (χ0) is 34.3. The zero-order valence-electron chi connectivity index (χ0n) is 27.1. The molecule has 0 radical (unpaired) electrons. The number of hydrogen-bond acceptors (Lipinski definition) is 6. The molecule has 0 N–H and O–H groups in total. The number of para-hydroxylation sites is 4. The van der Waals surface area contributed by atoms with Crippen molar-refractivity contribution < 1.29 is 8.83 Å². The standard InChI is InChI=1S/C45H26N4O2/c46-27-33-13-12-32(26-34(33)28-47)29-14-20-35(21-15-29)49(37-24-18-31(19-25-37)45-48-41-9-2-4-11-43(41)51-45)36-22-16-30(17-23-36)38-7-5-8-40-39-6-1-3-10-42(39)50-44(38)40/h1-26H. The first kappa shape index (κ1) is 29.7. The van der Waals surface area contributed by atoms with Crippen LogP contribution in [0.5, 0.6) is 0 Å². The van der Waals surface area contributed by atoms with E-state index >= 15 is 0 Å². The molecule has 0 amide bonds. The monoisotopic (exact) mass is 654 g/mol. The first-order valence-corrected chi connectivity index (χ1v) is 16.5. The Hall–Kier alpha value is -7.41. The quantitative estimate of drug-likeness (QED) is 0.177. The van der Waals surface area contributed by atoms with Crippen molar-refractivity contribution in [3.63, 3.8) is 0 Å². The smallest absolute Gasteiger partial charge is 0.227 e. The van der Waals surface area contributed by atoms with E-state index in [-0.39, 0.29) is 0 Å². The number of furan rings is 1. The molecule has 0 aliphatic heterocycles. The largest absolute Gasteiger partial charge is 0.455 e. The van der Waals surface area contributed by atoms with E-state index in [0.717, 1.165) is 77.9 Å². The average molecular weight is 655 g/mol. The van der Waals surface area contributed by atoms with E-state index < -0.39 is 0 Å². The number of nitriles is 2. The second kappa shape index (κ2) is 12.2. The number of nitrogens with zero attached hydrogens (tertiary/aromatic N) is 4. The van der Waals surface area contributed by atoms with E-state index in [1.807, 2.05) is 72.8 Å². The molecular formula is C45H26N4O2. The Morgan fingerprint density at radius 2 is 1.06 bits per heavy atom. The number of rotatable bonds is 6. The third-order valence-electron chi connectivity index (χ3n) is 9.23. The normalized spacial score (nSPS) is 11.1. The molecule has 7 aromatic carbocycles. The van der Waals surface area contributed by atoms with E-state index in [0.29, 0.717) is 17.0 Å². The molecule has 0 fully saturated rings. The predicted molar refractivity (Wildman–Crippen MR) is 202 cm³/mol. The van der Waals surface area contributed by atoms with Crippen molar-refractivity contribution >= 4 is 50.1 Å². The molecule has 0 bridgehead atoms. The third-order valence-corrected chi connectivity index (χ3v) is 9.23. The fourth-order valence-corrected chi connectivity index (χ4v) is 6.68. The van der Waals surface area contributed by atoms with E-state index in [9.17, 15) is 10.5 Å². The summed E-state index contributed by atoms with van der Waals surface area (Å²) in [4.78, 5) is 6.88. The van der Waals surface area contributed by atoms with E-state index in [1.165, 1.54) is 0 Å². The molecule has 6 heteroatoms. The van der Waals surface area contributed by atoms with Gasteiger partial charge in [-0.2, -0.15) is 10.5 Å². The number of aromatic nitrogens is 1. The number of hydrogen-bond donors (Lipinski definition) is 0. The molecule has 0 atom stereocenters.